The first-order valence-electron chi connectivity index (χ1n) is 12.2. The number of nitrogens with one attached hydrogen (secondary N) is 3. The Hall–Kier alpha value is -4.51. The van der Waals surface area contributed by atoms with Crippen LogP contribution in [0.3, 0.4) is 0 Å². The van der Waals surface area contributed by atoms with Crippen molar-refractivity contribution in [1.82, 2.24) is 30.3 Å². The molecule has 0 saturated carbocycles. The van der Waals surface area contributed by atoms with Gasteiger partial charge in [0.15, 0.2) is 17.5 Å². The normalized spacial score (nSPS) is 12.7. The van der Waals surface area contributed by atoms with Gasteiger partial charge in [-0.2, -0.15) is 5.26 Å². The smallest absolute Gasteiger partial charge is 0.407 e. The second-order valence-electron chi connectivity index (χ2n) is 9.40. The molecule has 39 heavy (non-hydrogen) atoms. The number of pyridine rings is 2. The molecule has 0 aliphatic rings. The Balaban J connectivity index is 1.88. The van der Waals surface area contributed by atoms with E-state index in [0.29, 0.717) is 23.9 Å². The topological polar surface area (TPSA) is 161 Å². The molecule has 0 aromatic carbocycles. The van der Waals surface area contributed by atoms with Gasteiger partial charge in [-0.05, 0) is 46.8 Å². The van der Waals surface area contributed by atoms with E-state index in [1.165, 1.54) is 24.2 Å². The van der Waals surface area contributed by atoms with Crippen LogP contribution in [0.2, 0.25) is 0 Å². The van der Waals surface area contributed by atoms with E-state index < -0.39 is 29.6 Å². The van der Waals surface area contributed by atoms with E-state index in [0.717, 1.165) is 6.07 Å². The van der Waals surface area contributed by atoms with E-state index in [4.69, 9.17) is 14.2 Å². The number of hydrogen-bond acceptors (Lipinski definition) is 11. The Kier molecular flexibility index (Phi) is 9.56. The Bertz CT molecular complexity index is 1310. The number of amides is 1. The third-order valence-corrected chi connectivity index (χ3v) is 5.23. The first kappa shape index (κ1) is 29.1. The maximum atomic E-state index is 15.0. The van der Waals surface area contributed by atoms with Crippen molar-refractivity contribution in [3.05, 3.63) is 42.1 Å². The van der Waals surface area contributed by atoms with E-state index in [1.54, 1.807) is 40.0 Å². The van der Waals surface area contributed by atoms with Crippen LogP contribution in [0, 0.1) is 17.1 Å². The highest BCUT2D eigenvalue weighted by molar-refractivity contribution is 5.69. The fraction of sp³-hybridized carbons (Fsp3) is 0.440. The summed E-state index contributed by atoms with van der Waals surface area (Å²) < 4.78 is 32.7. The van der Waals surface area contributed by atoms with Crippen LogP contribution >= 0.6 is 0 Å². The summed E-state index contributed by atoms with van der Waals surface area (Å²) in [6.07, 6.45) is 3.98. The maximum absolute atomic E-state index is 15.0. The number of halogens is 1. The first-order chi connectivity index (χ1) is 18.5. The van der Waals surface area contributed by atoms with E-state index in [9.17, 15) is 10.1 Å². The van der Waals surface area contributed by atoms with Crippen LogP contribution in [-0.4, -0.2) is 69.1 Å². The van der Waals surface area contributed by atoms with Crippen LogP contribution in [0.4, 0.5) is 26.5 Å². The van der Waals surface area contributed by atoms with Crippen LogP contribution in [0.25, 0.3) is 5.69 Å². The summed E-state index contributed by atoms with van der Waals surface area (Å²) in [5.41, 5.74) is 0.210. The van der Waals surface area contributed by atoms with Gasteiger partial charge in [-0.15, -0.1) is 5.10 Å². The summed E-state index contributed by atoms with van der Waals surface area (Å²) in [5.74, 6) is -0.511. The van der Waals surface area contributed by atoms with Crippen molar-refractivity contribution >= 4 is 23.4 Å². The molecule has 0 aliphatic heterocycles. The number of carbonyl (C=O) groups excluding carboxylic acids is 1. The molecule has 0 radical (unpaired) electrons. The van der Waals surface area contributed by atoms with E-state index >= 15 is 4.39 Å². The first-order valence-corrected chi connectivity index (χ1v) is 12.2. The average molecular weight is 542 g/mol. The second-order valence-corrected chi connectivity index (χ2v) is 9.40. The molecule has 3 heterocycles. The zero-order valence-electron chi connectivity index (χ0n) is 22.6. The lowest BCUT2D eigenvalue weighted by Crippen LogP contribution is -2.48. The summed E-state index contributed by atoms with van der Waals surface area (Å²) in [7, 11) is 1.47. The van der Waals surface area contributed by atoms with Crippen LogP contribution < -0.4 is 20.7 Å². The number of anilines is 3. The van der Waals surface area contributed by atoms with Gasteiger partial charge < -0.3 is 30.2 Å². The molecule has 0 unspecified atom stereocenters. The molecule has 14 heteroatoms. The van der Waals surface area contributed by atoms with E-state index in [1.807, 2.05) is 13.0 Å². The fourth-order valence-corrected chi connectivity index (χ4v) is 3.40. The molecule has 1 amide bonds. The third-order valence-electron chi connectivity index (χ3n) is 5.23. The number of hydrogen-bond donors (Lipinski definition) is 3. The monoisotopic (exact) mass is 541 g/mol. The predicted octanol–water partition coefficient (Wildman–Crippen LogP) is 3.55. The van der Waals surface area contributed by atoms with Crippen molar-refractivity contribution in [2.45, 2.75) is 52.3 Å². The van der Waals surface area contributed by atoms with Gasteiger partial charge in [0.25, 0.3) is 0 Å². The minimum atomic E-state index is -0.751. The minimum Gasteiger partial charge on any atom is -0.479 e. The molecular formula is C25H32FN9O4. The molecule has 208 valence electrons. The summed E-state index contributed by atoms with van der Waals surface area (Å²) in [6, 6.07) is 3.57. The van der Waals surface area contributed by atoms with Gasteiger partial charge in [-0.3, -0.25) is 0 Å². The number of ether oxygens (including phenoxy) is 3. The molecular weight excluding hydrogens is 509 g/mol. The van der Waals surface area contributed by atoms with Crippen molar-refractivity contribution in [2.24, 2.45) is 0 Å². The molecule has 0 spiro atoms. The largest absolute Gasteiger partial charge is 0.479 e. The number of nitrogens with zero attached hydrogens (tertiary/aromatic N) is 6. The predicted molar refractivity (Wildman–Crippen MR) is 141 cm³/mol. The second kappa shape index (κ2) is 12.8. The Morgan fingerprint density at radius 2 is 2.05 bits per heavy atom. The maximum Gasteiger partial charge on any atom is 0.407 e. The number of aromatic nitrogens is 5. The van der Waals surface area contributed by atoms with Crippen molar-refractivity contribution in [1.29, 1.82) is 5.26 Å². The number of rotatable bonds is 11. The molecule has 0 aliphatic carbocycles. The summed E-state index contributed by atoms with van der Waals surface area (Å²) in [5, 5.41) is 26.1. The van der Waals surface area contributed by atoms with Crippen LogP contribution in [0.15, 0.2) is 30.7 Å². The lowest BCUT2D eigenvalue weighted by Gasteiger charge is -2.28. The zero-order valence-corrected chi connectivity index (χ0v) is 22.6. The van der Waals surface area contributed by atoms with E-state index in [2.05, 4.69) is 36.2 Å². The number of alkyl carbamates (subject to hydrolysis) is 1. The molecule has 3 N–H and O–H groups in total. The van der Waals surface area contributed by atoms with Crippen molar-refractivity contribution in [3.63, 3.8) is 0 Å². The van der Waals surface area contributed by atoms with Gasteiger partial charge in [-0.1, -0.05) is 5.21 Å². The summed E-state index contributed by atoms with van der Waals surface area (Å²) in [4.78, 5) is 20.9. The highest BCUT2D eigenvalue weighted by Crippen LogP contribution is 2.27. The van der Waals surface area contributed by atoms with Crippen molar-refractivity contribution in [3.8, 4) is 17.6 Å². The van der Waals surface area contributed by atoms with Gasteiger partial charge in [-0.25, -0.2) is 23.8 Å². The Morgan fingerprint density at radius 3 is 2.67 bits per heavy atom. The fourth-order valence-electron chi connectivity index (χ4n) is 3.40. The molecule has 3 rings (SSSR count). The lowest BCUT2D eigenvalue weighted by atomic mass is 10.1. The molecule has 0 saturated heterocycles. The quantitative estimate of drug-likeness (QED) is 0.325. The highest BCUT2D eigenvalue weighted by Gasteiger charge is 2.25. The minimum absolute atomic E-state index is 0.0301. The average Bonchev–Trinajstić information content (AvgIpc) is 3.41. The lowest BCUT2D eigenvalue weighted by molar-refractivity contribution is 0.0488. The Morgan fingerprint density at radius 1 is 1.28 bits per heavy atom. The molecule has 2 atom stereocenters. The van der Waals surface area contributed by atoms with Gasteiger partial charge >= 0.3 is 6.09 Å². The molecule has 0 fully saturated rings. The van der Waals surface area contributed by atoms with Gasteiger partial charge in [0, 0.05) is 6.61 Å². The number of carbonyl (C=O) groups is 1. The summed E-state index contributed by atoms with van der Waals surface area (Å²) in [6.45, 7) is 9.37. The standard InChI is InChI=1S/C25H32FN9O4/c1-7-38-14-19(15(2)30-24(36)39-25(3,4)5)32-22-18(26)10-16(12-27)21(33-22)31-17-11-20(23(37-6)28-13-17)35-9-8-29-34-35/h8-11,13,15,19H,7,14H2,1-6H3,(H,30,36)(H2,31,32,33)/t15-,19+/m0/s1. The number of nitriles is 1. The Labute approximate surface area is 225 Å². The van der Waals surface area contributed by atoms with E-state index in [-0.39, 0.29) is 23.8 Å². The molecule has 3 aromatic heterocycles. The SMILES string of the molecule is CCOC[C@@H](Nc1nc(Nc2cnc(OC)c(-n3ccnn3)c2)c(C#N)cc1F)[C@H](C)NC(=O)OC(C)(C)C. The highest BCUT2D eigenvalue weighted by atomic mass is 19.1. The van der Waals surface area contributed by atoms with Gasteiger partial charge in [0.2, 0.25) is 5.88 Å². The van der Waals surface area contributed by atoms with Crippen molar-refractivity contribution in [2.75, 3.05) is 31.0 Å². The van der Waals surface area contributed by atoms with Crippen molar-refractivity contribution < 1.29 is 23.4 Å². The zero-order chi connectivity index (χ0) is 28.6. The summed E-state index contributed by atoms with van der Waals surface area (Å²) >= 11 is 0. The third kappa shape index (κ3) is 7.99. The van der Waals surface area contributed by atoms with Gasteiger partial charge in [0.1, 0.15) is 17.4 Å². The van der Waals surface area contributed by atoms with Crippen LogP contribution in [0.1, 0.15) is 40.2 Å². The molecule has 13 nitrogen and oxygen atoms in total. The van der Waals surface area contributed by atoms with Crippen LogP contribution in [0.5, 0.6) is 5.88 Å². The number of methoxy groups -OCH3 is 1. The van der Waals surface area contributed by atoms with Gasteiger partial charge in [0.05, 0.1) is 55.6 Å². The van der Waals surface area contributed by atoms with Crippen LogP contribution in [-0.2, 0) is 9.47 Å². The molecule has 0 bridgehead atoms. The molecule has 3 aromatic rings.